The number of H-pyrrole nitrogens is 2. The van der Waals surface area contributed by atoms with E-state index in [0.717, 1.165) is 10.9 Å². The van der Waals surface area contributed by atoms with E-state index in [2.05, 4.69) is 15.2 Å². The van der Waals surface area contributed by atoms with Crippen LogP contribution in [0.25, 0.3) is 32.9 Å². The second kappa shape index (κ2) is 3.57. The maximum absolute atomic E-state index is 12.0. The summed E-state index contributed by atoms with van der Waals surface area (Å²) in [6, 6.07) is 7.04. The molecule has 0 radical (unpaired) electrons. The first-order valence-electron chi connectivity index (χ1n) is 6.08. The standard InChI is InChI=1S/C14H9N3O3/c1-6-2-3-10-7(4-6)11-8(14(19)20-10)5-9-12(15-11)16-17-13(9)18/h2-5H,1H3,(H2,15,16,17,18). The van der Waals surface area contributed by atoms with E-state index in [0.29, 0.717) is 27.5 Å². The molecule has 6 nitrogen and oxygen atoms in total. The summed E-state index contributed by atoms with van der Waals surface area (Å²) < 4.78 is 5.28. The molecule has 0 amide bonds. The van der Waals surface area contributed by atoms with Crippen molar-refractivity contribution in [3.05, 3.63) is 50.6 Å². The van der Waals surface area contributed by atoms with Crippen molar-refractivity contribution in [3.63, 3.8) is 0 Å². The molecule has 0 unspecified atom stereocenters. The van der Waals surface area contributed by atoms with Gasteiger partial charge in [0.2, 0.25) is 0 Å². The number of aromatic nitrogens is 3. The van der Waals surface area contributed by atoms with Crippen LogP contribution in [-0.4, -0.2) is 15.2 Å². The quantitative estimate of drug-likeness (QED) is 0.375. The Balaban J connectivity index is 2.36. The van der Waals surface area contributed by atoms with E-state index >= 15 is 0 Å². The van der Waals surface area contributed by atoms with Crippen LogP contribution >= 0.6 is 0 Å². The molecule has 4 rings (SSSR count). The third-order valence-electron chi connectivity index (χ3n) is 3.37. The van der Waals surface area contributed by atoms with E-state index in [1.54, 1.807) is 6.07 Å². The molecule has 3 heterocycles. The number of pyridine rings is 1. The summed E-state index contributed by atoms with van der Waals surface area (Å²) in [5.74, 6) is 0. The van der Waals surface area contributed by atoms with Gasteiger partial charge in [0, 0.05) is 5.39 Å². The Morgan fingerprint density at radius 2 is 1.90 bits per heavy atom. The minimum atomic E-state index is -0.494. The number of nitrogens with zero attached hydrogens (tertiary/aromatic N) is 1. The SMILES string of the molecule is Cc1ccc2oc(=O)c3cc4c(=O)[nH][nH]c4nc3c2c1. The molecule has 0 aliphatic heterocycles. The van der Waals surface area contributed by atoms with Crippen molar-refractivity contribution in [1.29, 1.82) is 0 Å². The largest absolute Gasteiger partial charge is 0.422 e. The van der Waals surface area contributed by atoms with Crippen molar-refractivity contribution >= 4 is 32.9 Å². The fourth-order valence-electron chi connectivity index (χ4n) is 2.40. The first kappa shape index (κ1) is 11.0. The lowest BCUT2D eigenvalue weighted by Crippen LogP contribution is -2.03. The zero-order valence-corrected chi connectivity index (χ0v) is 10.5. The summed E-state index contributed by atoms with van der Waals surface area (Å²) in [4.78, 5) is 28.0. The summed E-state index contributed by atoms with van der Waals surface area (Å²) in [6.45, 7) is 1.95. The fraction of sp³-hybridized carbons (Fsp3) is 0.0714. The number of hydrogen-bond donors (Lipinski definition) is 2. The molecule has 0 fully saturated rings. The molecule has 20 heavy (non-hydrogen) atoms. The van der Waals surface area contributed by atoms with Gasteiger partial charge in [-0.1, -0.05) is 11.6 Å². The van der Waals surface area contributed by atoms with Crippen molar-refractivity contribution in [2.24, 2.45) is 0 Å². The van der Waals surface area contributed by atoms with E-state index in [-0.39, 0.29) is 5.56 Å². The Hall–Kier alpha value is -2.89. The Bertz CT molecular complexity index is 1100. The van der Waals surface area contributed by atoms with Gasteiger partial charge in [-0.05, 0) is 25.1 Å². The lowest BCUT2D eigenvalue weighted by atomic mass is 10.1. The van der Waals surface area contributed by atoms with E-state index < -0.39 is 5.63 Å². The number of nitrogens with one attached hydrogen (secondary N) is 2. The summed E-state index contributed by atoms with van der Waals surface area (Å²) in [5, 5.41) is 6.56. The van der Waals surface area contributed by atoms with Gasteiger partial charge < -0.3 is 4.42 Å². The summed E-state index contributed by atoms with van der Waals surface area (Å²) >= 11 is 0. The molecule has 98 valence electrons. The molecular weight excluding hydrogens is 258 g/mol. The smallest absolute Gasteiger partial charge is 0.345 e. The highest BCUT2D eigenvalue weighted by Gasteiger charge is 2.12. The molecule has 0 spiro atoms. The molecule has 6 heteroatoms. The molecule has 0 aliphatic rings. The van der Waals surface area contributed by atoms with Gasteiger partial charge >= 0.3 is 5.63 Å². The highest BCUT2D eigenvalue weighted by atomic mass is 16.4. The number of aromatic amines is 2. The predicted molar refractivity (Wildman–Crippen MR) is 75.0 cm³/mol. The van der Waals surface area contributed by atoms with Crippen molar-refractivity contribution in [1.82, 2.24) is 15.2 Å². The van der Waals surface area contributed by atoms with Crippen LogP contribution in [0.5, 0.6) is 0 Å². The molecule has 3 aromatic heterocycles. The van der Waals surface area contributed by atoms with Gasteiger partial charge in [0.05, 0.1) is 16.3 Å². The van der Waals surface area contributed by atoms with Gasteiger partial charge in [0.25, 0.3) is 5.56 Å². The zero-order valence-electron chi connectivity index (χ0n) is 10.5. The first-order chi connectivity index (χ1) is 9.63. The minimum absolute atomic E-state index is 0.306. The molecule has 0 aliphatic carbocycles. The number of rotatable bonds is 0. The Morgan fingerprint density at radius 3 is 2.75 bits per heavy atom. The molecule has 0 atom stereocenters. The third-order valence-corrected chi connectivity index (χ3v) is 3.37. The van der Waals surface area contributed by atoms with Gasteiger partial charge in [0.15, 0.2) is 5.65 Å². The second-order valence-electron chi connectivity index (χ2n) is 4.75. The van der Waals surface area contributed by atoms with E-state index in [1.165, 1.54) is 6.07 Å². The molecule has 0 bridgehead atoms. The van der Waals surface area contributed by atoms with Crippen molar-refractivity contribution < 1.29 is 4.42 Å². The number of fused-ring (bicyclic) bond motifs is 4. The lowest BCUT2D eigenvalue weighted by molar-refractivity contribution is 0.569. The van der Waals surface area contributed by atoms with Crippen LogP contribution in [0.2, 0.25) is 0 Å². The number of hydrogen-bond acceptors (Lipinski definition) is 4. The Labute approximate surface area is 111 Å². The first-order valence-corrected chi connectivity index (χ1v) is 6.08. The van der Waals surface area contributed by atoms with Crippen LogP contribution in [-0.2, 0) is 0 Å². The molecular formula is C14H9N3O3. The van der Waals surface area contributed by atoms with Crippen LogP contribution in [0.1, 0.15) is 5.56 Å². The van der Waals surface area contributed by atoms with E-state index in [1.807, 2.05) is 19.1 Å². The highest BCUT2D eigenvalue weighted by Crippen LogP contribution is 2.23. The summed E-state index contributed by atoms with van der Waals surface area (Å²) in [6.07, 6.45) is 0. The predicted octanol–water partition coefficient (Wildman–Crippen LogP) is 1.82. The van der Waals surface area contributed by atoms with Gasteiger partial charge in [-0.25, -0.2) is 9.78 Å². The second-order valence-corrected chi connectivity index (χ2v) is 4.75. The normalized spacial score (nSPS) is 11.7. The van der Waals surface area contributed by atoms with Crippen LogP contribution < -0.4 is 11.2 Å². The van der Waals surface area contributed by atoms with Crippen LogP contribution in [0.4, 0.5) is 0 Å². The van der Waals surface area contributed by atoms with Crippen molar-refractivity contribution in [3.8, 4) is 0 Å². The molecule has 0 saturated heterocycles. The summed E-state index contributed by atoms with van der Waals surface area (Å²) in [7, 11) is 0. The zero-order chi connectivity index (χ0) is 13.9. The molecule has 4 aromatic rings. The summed E-state index contributed by atoms with van der Waals surface area (Å²) in [5.41, 5.74) is 1.68. The Morgan fingerprint density at radius 1 is 1.05 bits per heavy atom. The average molecular weight is 267 g/mol. The van der Waals surface area contributed by atoms with Crippen LogP contribution in [0, 0.1) is 6.92 Å². The highest BCUT2D eigenvalue weighted by molar-refractivity contribution is 6.05. The number of benzene rings is 1. The minimum Gasteiger partial charge on any atom is -0.422 e. The molecule has 2 N–H and O–H groups in total. The van der Waals surface area contributed by atoms with E-state index in [9.17, 15) is 9.59 Å². The fourth-order valence-corrected chi connectivity index (χ4v) is 2.40. The monoisotopic (exact) mass is 267 g/mol. The average Bonchev–Trinajstić information content (AvgIpc) is 2.80. The van der Waals surface area contributed by atoms with Crippen LogP contribution in [0.15, 0.2) is 38.3 Å². The topological polar surface area (TPSA) is 91.8 Å². The lowest BCUT2D eigenvalue weighted by Gasteiger charge is -2.02. The third kappa shape index (κ3) is 1.36. The van der Waals surface area contributed by atoms with Gasteiger partial charge in [-0.2, -0.15) is 0 Å². The number of aryl methyl sites for hydroxylation is 1. The van der Waals surface area contributed by atoms with E-state index in [4.69, 9.17) is 4.42 Å². The van der Waals surface area contributed by atoms with Gasteiger partial charge in [-0.3, -0.25) is 15.0 Å². The van der Waals surface area contributed by atoms with Gasteiger partial charge in [-0.15, -0.1) is 0 Å². The maximum atomic E-state index is 12.0. The molecule has 1 aromatic carbocycles. The van der Waals surface area contributed by atoms with Crippen molar-refractivity contribution in [2.75, 3.05) is 0 Å². The van der Waals surface area contributed by atoms with Gasteiger partial charge in [0.1, 0.15) is 5.58 Å². The molecule has 0 saturated carbocycles. The maximum Gasteiger partial charge on any atom is 0.345 e. The van der Waals surface area contributed by atoms with Crippen LogP contribution in [0.3, 0.4) is 0 Å². The Kier molecular flexibility index (Phi) is 1.96. The van der Waals surface area contributed by atoms with Crippen molar-refractivity contribution in [2.45, 2.75) is 6.92 Å².